The molecule has 0 unspecified atom stereocenters. The molecule has 2 N–H and O–H groups in total. The number of nitrogens with zero attached hydrogens (tertiary/aromatic N) is 2. The second-order valence-electron chi connectivity index (χ2n) is 6.23. The Bertz CT molecular complexity index is 1220. The minimum Gasteiger partial charge on any atom is -0.490 e. The molecule has 1 heterocycles. The van der Waals surface area contributed by atoms with Crippen LogP contribution in [0.1, 0.15) is 23.0 Å². The number of non-ortho nitro benzene ring substituents is 1. The number of hydrazone groups is 1. The Hall–Kier alpha value is -4.12. The van der Waals surface area contributed by atoms with Gasteiger partial charge in [0.2, 0.25) is 0 Å². The van der Waals surface area contributed by atoms with Crippen LogP contribution in [0.15, 0.2) is 45.9 Å². The zero-order valence-electron chi connectivity index (χ0n) is 16.5. The molecule has 0 aliphatic heterocycles. The topological polar surface area (TPSA) is 154 Å². The van der Waals surface area contributed by atoms with Crippen LogP contribution in [0.5, 0.6) is 11.5 Å². The van der Waals surface area contributed by atoms with E-state index in [2.05, 4.69) is 10.5 Å². The van der Waals surface area contributed by atoms with E-state index in [-0.39, 0.29) is 34.6 Å². The molecule has 0 fully saturated rings. The fraction of sp³-hybridized carbons (Fsp3) is 0.150. The summed E-state index contributed by atoms with van der Waals surface area (Å²) in [7, 11) is 0. The van der Waals surface area contributed by atoms with Gasteiger partial charge in [-0.05, 0) is 36.8 Å². The van der Waals surface area contributed by atoms with Gasteiger partial charge in [-0.3, -0.25) is 14.9 Å². The molecule has 0 spiro atoms. The van der Waals surface area contributed by atoms with Crippen LogP contribution >= 0.6 is 11.6 Å². The number of furan rings is 1. The van der Waals surface area contributed by atoms with Crippen LogP contribution in [-0.4, -0.2) is 41.3 Å². The summed E-state index contributed by atoms with van der Waals surface area (Å²) < 4.78 is 16.0. The van der Waals surface area contributed by atoms with Gasteiger partial charge < -0.3 is 19.0 Å². The van der Waals surface area contributed by atoms with Gasteiger partial charge >= 0.3 is 11.9 Å². The Morgan fingerprint density at radius 2 is 2.06 bits per heavy atom. The summed E-state index contributed by atoms with van der Waals surface area (Å²) in [5, 5.41) is 24.0. The number of carboxylic acids is 1. The Kier molecular flexibility index (Phi) is 6.90. The van der Waals surface area contributed by atoms with E-state index >= 15 is 0 Å². The maximum Gasteiger partial charge on any atom is 0.341 e. The predicted octanol–water partition coefficient (Wildman–Crippen LogP) is 3.62. The highest BCUT2D eigenvalue weighted by atomic mass is 35.5. The van der Waals surface area contributed by atoms with Gasteiger partial charge in [-0.1, -0.05) is 11.6 Å². The average Bonchev–Trinajstić information content (AvgIpc) is 3.16. The number of aliphatic carboxylic acids is 1. The second-order valence-corrected chi connectivity index (χ2v) is 6.64. The molecule has 0 saturated carbocycles. The maximum absolute atomic E-state index is 12.3. The number of carbonyl (C=O) groups is 2. The van der Waals surface area contributed by atoms with Crippen molar-refractivity contribution in [3.8, 4) is 11.5 Å². The molecule has 2 aromatic carbocycles. The van der Waals surface area contributed by atoms with Crippen molar-refractivity contribution < 1.29 is 33.5 Å². The van der Waals surface area contributed by atoms with Gasteiger partial charge in [0.15, 0.2) is 23.9 Å². The monoisotopic (exact) mass is 461 g/mol. The number of hydrogen-bond donors (Lipinski definition) is 2. The summed E-state index contributed by atoms with van der Waals surface area (Å²) in [6, 6.07) is 8.31. The maximum atomic E-state index is 12.3. The van der Waals surface area contributed by atoms with Gasteiger partial charge in [-0.25, -0.2) is 10.2 Å². The number of nitrogens with one attached hydrogen (secondary N) is 1. The highest BCUT2D eigenvalue weighted by molar-refractivity contribution is 6.32. The number of nitro groups is 1. The van der Waals surface area contributed by atoms with E-state index < -0.39 is 23.4 Å². The molecule has 3 aromatic rings. The Labute approximate surface area is 185 Å². The van der Waals surface area contributed by atoms with Crippen molar-refractivity contribution in [3.63, 3.8) is 0 Å². The van der Waals surface area contributed by atoms with E-state index in [1.165, 1.54) is 42.6 Å². The first kappa shape index (κ1) is 22.6. The summed E-state index contributed by atoms with van der Waals surface area (Å²) in [5.74, 6) is -1.63. The molecule has 32 heavy (non-hydrogen) atoms. The quantitative estimate of drug-likeness (QED) is 0.278. The number of halogens is 1. The van der Waals surface area contributed by atoms with Crippen LogP contribution in [0.2, 0.25) is 5.02 Å². The molecular formula is C20H16ClN3O8. The Morgan fingerprint density at radius 1 is 1.28 bits per heavy atom. The third-order valence-corrected chi connectivity index (χ3v) is 4.27. The molecule has 0 radical (unpaired) electrons. The fourth-order valence-electron chi connectivity index (χ4n) is 2.68. The number of benzene rings is 2. The number of amides is 1. The van der Waals surface area contributed by atoms with Gasteiger partial charge in [0, 0.05) is 17.5 Å². The van der Waals surface area contributed by atoms with E-state index in [0.717, 1.165) is 0 Å². The molecule has 0 aliphatic rings. The zero-order valence-corrected chi connectivity index (χ0v) is 17.3. The smallest absolute Gasteiger partial charge is 0.341 e. The van der Waals surface area contributed by atoms with Gasteiger partial charge in [0.1, 0.15) is 5.58 Å². The number of carbonyl (C=O) groups excluding carboxylic acids is 1. The van der Waals surface area contributed by atoms with Crippen LogP contribution in [0, 0.1) is 10.1 Å². The third kappa shape index (κ3) is 5.32. The van der Waals surface area contributed by atoms with Gasteiger partial charge in [-0.15, -0.1) is 0 Å². The highest BCUT2D eigenvalue weighted by Crippen LogP contribution is 2.36. The van der Waals surface area contributed by atoms with Crippen molar-refractivity contribution in [1.29, 1.82) is 0 Å². The Balaban J connectivity index is 1.74. The van der Waals surface area contributed by atoms with Crippen LogP contribution < -0.4 is 14.9 Å². The van der Waals surface area contributed by atoms with Crippen LogP contribution in [-0.2, 0) is 4.79 Å². The number of fused-ring (bicyclic) bond motifs is 1. The minimum atomic E-state index is -1.17. The molecule has 3 rings (SSSR count). The highest BCUT2D eigenvalue weighted by Gasteiger charge is 2.16. The lowest BCUT2D eigenvalue weighted by molar-refractivity contribution is -0.384. The summed E-state index contributed by atoms with van der Waals surface area (Å²) in [6.07, 6.45) is 1.29. The zero-order chi connectivity index (χ0) is 23.3. The standard InChI is InChI=1S/C20H16ClN3O8/c1-2-30-16-6-11(5-14(21)19(16)31-10-18(25)26)9-22-23-20(27)17-8-12-7-13(24(28)29)3-4-15(12)32-17/h3-9H,2,10H2,1H3,(H,23,27)(H,25,26)/b22-9-. The van der Waals surface area contributed by atoms with E-state index in [0.29, 0.717) is 16.5 Å². The van der Waals surface area contributed by atoms with Crippen LogP contribution in [0.4, 0.5) is 5.69 Å². The number of ether oxygens (including phenoxy) is 2. The lowest BCUT2D eigenvalue weighted by Gasteiger charge is -2.13. The molecule has 0 aliphatic carbocycles. The normalized spacial score (nSPS) is 10.9. The molecule has 11 nitrogen and oxygen atoms in total. The summed E-state index contributed by atoms with van der Waals surface area (Å²) in [5.41, 5.74) is 2.92. The summed E-state index contributed by atoms with van der Waals surface area (Å²) >= 11 is 6.16. The van der Waals surface area contributed by atoms with Gasteiger partial charge in [0.25, 0.3) is 5.69 Å². The largest absolute Gasteiger partial charge is 0.490 e. The van der Waals surface area contributed by atoms with Crippen molar-refractivity contribution in [3.05, 3.63) is 62.9 Å². The third-order valence-electron chi connectivity index (χ3n) is 3.99. The first-order chi connectivity index (χ1) is 15.3. The SMILES string of the molecule is CCOc1cc(/C=N\NC(=O)c2cc3cc([N+](=O)[O-])ccc3o2)cc(Cl)c1OCC(=O)O. The molecule has 0 saturated heterocycles. The van der Waals surface area contributed by atoms with Crippen LogP contribution in [0.3, 0.4) is 0 Å². The number of rotatable bonds is 9. The number of hydrogen-bond acceptors (Lipinski definition) is 8. The van der Waals surface area contributed by atoms with Gasteiger partial charge in [-0.2, -0.15) is 5.10 Å². The first-order valence-corrected chi connectivity index (χ1v) is 9.48. The van der Waals surface area contributed by atoms with Crippen molar-refractivity contribution in [1.82, 2.24) is 5.43 Å². The van der Waals surface area contributed by atoms with E-state index in [4.69, 9.17) is 30.6 Å². The van der Waals surface area contributed by atoms with Gasteiger partial charge in [0.05, 0.1) is 22.8 Å². The van der Waals surface area contributed by atoms with Crippen LogP contribution in [0.25, 0.3) is 11.0 Å². The molecular weight excluding hydrogens is 446 g/mol. The summed E-state index contributed by atoms with van der Waals surface area (Å²) in [6.45, 7) is 1.42. The van der Waals surface area contributed by atoms with E-state index in [9.17, 15) is 19.7 Å². The lowest BCUT2D eigenvalue weighted by atomic mass is 10.2. The Morgan fingerprint density at radius 3 is 2.75 bits per heavy atom. The van der Waals surface area contributed by atoms with Crippen molar-refractivity contribution in [2.75, 3.05) is 13.2 Å². The lowest BCUT2D eigenvalue weighted by Crippen LogP contribution is -2.16. The molecule has 0 bridgehead atoms. The molecule has 1 amide bonds. The second kappa shape index (κ2) is 9.79. The first-order valence-electron chi connectivity index (χ1n) is 9.10. The number of nitro benzene ring substituents is 1. The molecule has 12 heteroatoms. The van der Waals surface area contributed by atoms with Crippen molar-refractivity contribution in [2.45, 2.75) is 6.92 Å². The number of carboxylic acid groups (broad SMARTS) is 1. The summed E-state index contributed by atoms with van der Waals surface area (Å²) in [4.78, 5) is 33.3. The van der Waals surface area contributed by atoms with Crippen molar-refractivity contribution in [2.24, 2.45) is 5.10 Å². The molecule has 0 atom stereocenters. The molecule has 1 aromatic heterocycles. The minimum absolute atomic E-state index is 0.0773. The average molecular weight is 462 g/mol. The van der Waals surface area contributed by atoms with E-state index in [1.807, 2.05) is 0 Å². The van der Waals surface area contributed by atoms with Crippen molar-refractivity contribution >= 4 is 46.3 Å². The molecule has 166 valence electrons. The fourth-order valence-corrected chi connectivity index (χ4v) is 2.95. The predicted molar refractivity (Wildman–Crippen MR) is 114 cm³/mol. The van der Waals surface area contributed by atoms with E-state index in [1.54, 1.807) is 6.92 Å².